The molecular formula is C6H8N6S. The zero-order valence-electron chi connectivity index (χ0n) is 6.98. The number of rotatable bonds is 3. The minimum atomic E-state index is 0.507. The summed E-state index contributed by atoms with van der Waals surface area (Å²) in [7, 11) is 0. The van der Waals surface area contributed by atoms with Crippen molar-refractivity contribution in [3.8, 4) is 0 Å². The second kappa shape index (κ2) is 3.48. The minimum Gasteiger partial charge on any atom is -0.347 e. The number of H-pyrrole nitrogens is 1. The summed E-state index contributed by atoms with van der Waals surface area (Å²) in [5.74, 6) is 0.507. The molecule has 0 amide bonds. The molecule has 7 heteroatoms. The Balaban J connectivity index is 1.97. The highest BCUT2D eigenvalue weighted by Gasteiger charge is 2.02. The Kier molecular flexibility index (Phi) is 2.17. The Morgan fingerprint density at radius 2 is 2.54 bits per heavy atom. The van der Waals surface area contributed by atoms with E-state index in [0.717, 1.165) is 5.69 Å². The minimum absolute atomic E-state index is 0.507. The molecule has 0 aromatic carbocycles. The Hall–Kier alpha value is -1.50. The van der Waals surface area contributed by atoms with Crippen molar-refractivity contribution in [3.63, 3.8) is 0 Å². The number of anilines is 1. The molecule has 68 valence electrons. The number of nitrogens with zero attached hydrogens (tertiary/aromatic N) is 4. The van der Waals surface area contributed by atoms with E-state index < -0.39 is 0 Å². The topological polar surface area (TPSA) is 79.4 Å². The van der Waals surface area contributed by atoms with Crippen LogP contribution in [-0.2, 0) is 6.54 Å². The quantitative estimate of drug-likeness (QED) is 0.750. The SMILES string of the molecule is Cc1ncsc1CNc1nn[nH]n1. The Bertz CT molecular complexity index is 366. The van der Waals surface area contributed by atoms with Crippen molar-refractivity contribution < 1.29 is 0 Å². The van der Waals surface area contributed by atoms with E-state index in [4.69, 9.17) is 0 Å². The third-order valence-electron chi connectivity index (χ3n) is 1.60. The lowest BCUT2D eigenvalue weighted by Crippen LogP contribution is -2.00. The van der Waals surface area contributed by atoms with E-state index in [1.54, 1.807) is 11.3 Å². The van der Waals surface area contributed by atoms with Crippen LogP contribution in [0.1, 0.15) is 10.6 Å². The molecule has 6 nitrogen and oxygen atoms in total. The van der Waals surface area contributed by atoms with Gasteiger partial charge < -0.3 is 5.32 Å². The van der Waals surface area contributed by atoms with Crippen LogP contribution in [0.4, 0.5) is 5.95 Å². The maximum Gasteiger partial charge on any atom is 0.263 e. The van der Waals surface area contributed by atoms with Gasteiger partial charge in [-0.25, -0.2) is 4.98 Å². The van der Waals surface area contributed by atoms with Crippen LogP contribution < -0.4 is 5.32 Å². The second-order valence-corrected chi connectivity index (χ2v) is 3.39. The standard InChI is InChI=1S/C6H8N6S/c1-4-5(13-3-8-4)2-7-6-9-11-12-10-6/h3H,2H2,1H3,(H2,7,9,10,11,12). The van der Waals surface area contributed by atoms with E-state index in [9.17, 15) is 0 Å². The van der Waals surface area contributed by atoms with Gasteiger partial charge in [-0.1, -0.05) is 5.10 Å². The van der Waals surface area contributed by atoms with Crippen molar-refractivity contribution in [1.82, 2.24) is 25.6 Å². The summed E-state index contributed by atoms with van der Waals surface area (Å²) in [5, 5.41) is 16.4. The number of hydrogen-bond donors (Lipinski definition) is 2. The lowest BCUT2D eigenvalue weighted by atomic mass is 10.4. The molecule has 0 fully saturated rings. The number of aromatic nitrogens is 5. The molecule has 0 bridgehead atoms. The van der Waals surface area contributed by atoms with Gasteiger partial charge in [0.25, 0.3) is 5.95 Å². The molecule has 13 heavy (non-hydrogen) atoms. The first-order valence-electron chi connectivity index (χ1n) is 3.72. The van der Waals surface area contributed by atoms with Crippen LogP contribution in [0.2, 0.25) is 0 Å². The van der Waals surface area contributed by atoms with E-state index in [0.29, 0.717) is 12.5 Å². The van der Waals surface area contributed by atoms with E-state index in [1.165, 1.54) is 4.88 Å². The second-order valence-electron chi connectivity index (χ2n) is 2.45. The van der Waals surface area contributed by atoms with Gasteiger partial charge in [-0.15, -0.1) is 16.4 Å². The lowest BCUT2D eigenvalue weighted by Gasteiger charge is -1.97. The fourth-order valence-corrected chi connectivity index (χ4v) is 1.61. The van der Waals surface area contributed by atoms with Crippen molar-refractivity contribution in [3.05, 3.63) is 16.1 Å². The maximum atomic E-state index is 4.13. The molecule has 0 spiro atoms. The molecular weight excluding hydrogens is 188 g/mol. The zero-order chi connectivity index (χ0) is 9.10. The third-order valence-corrected chi connectivity index (χ3v) is 2.53. The van der Waals surface area contributed by atoms with Crippen LogP contribution in [0.5, 0.6) is 0 Å². The predicted molar refractivity (Wildman–Crippen MR) is 48.4 cm³/mol. The summed E-state index contributed by atoms with van der Waals surface area (Å²) in [6.07, 6.45) is 0. The summed E-state index contributed by atoms with van der Waals surface area (Å²) in [6.45, 7) is 2.67. The normalized spacial score (nSPS) is 10.2. The molecule has 2 rings (SSSR count). The van der Waals surface area contributed by atoms with Crippen molar-refractivity contribution in [2.24, 2.45) is 0 Å². The number of thiazole rings is 1. The van der Waals surface area contributed by atoms with Gasteiger partial charge in [0.05, 0.1) is 17.7 Å². The molecule has 0 unspecified atom stereocenters. The highest BCUT2D eigenvalue weighted by atomic mass is 32.1. The van der Waals surface area contributed by atoms with Crippen molar-refractivity contribution >= 4 is 17.3 Å². The molecule has 0 aliphatic heterocycles. The van der Waals surface area contributed by atoms with Gasteiger partial charge in [0.1, 0.15) is 0 Å². The molecule has 2 aromatic rings. The fourth-order valence-electron chi connectivity index (χ4n) is 0.892. The molecule has 2 aromatic heterocycles. The monoisotopic (exact) mass is 196 g/mol. The number of aryl methyl sites for hydroxylation is 1. The highest BCUT2D eigenvalue weighted by molar-refractivity contribution is 7.09. The average molecular weight is 196 g/mol. The number of nitrogens with one attached hydrogen (secondary N) is 2. The van der Waals surface area contributed by atoms with Gasteiger partial charge in [0.2, 0.25) is 0 Å². The first-order chi connectivity index (χ1) is 6.36. The van der Waals surface area contributed by atoms with Gasteiger partial charge in [0, 0.05) is 4.88 Å². The van der Waals surface area contributed by atoms with E-state index in [2.05, 4.69) is 30.9 Å². The largest absolute Gasteiger partial charge is 0.347 e. The summed E-state index contributed by atoms with van der Waals surface area (Å²) in [4.78, 5) is 5.32. The summed E-state index contributed by atoms with van der Waals surface area (Å²) >= 11 is 1.61. The van der Waals surface area contributed by atoms with E-state index in [1.807, 2.05) is 12.4 Å². The lowest BCUT2D eigenvalue weighted by molar-refractivity contribution is 0.881. The van der Waals surface area contributed by atoms with Crippen LogP contribution in [0.15, 0.2) is 5.51 Å². The van der Waals surface area contributed by atoms with Crippen LogP contribution in [-0.4, -0.2) is 25.6 Å². The average Bonchev–Trinajstić information content (AvgIpc) is 2.72. The predicted octanol–water partition coefficient (Wildman–Crippen LogP) is 0.577. The van der Waals surface area contributed by atoms with Crippen LogP contribution in [0, 0.1) is 6.92 Å². The first kappa shape index (κ1) is 8.11. The van der Waals surface area contributed by atoms with Crippen molar-refractivity contribution in [2.45, 2.75) is 13.5 Å². The summed E-state index contributed by atoms with van der Waals surface area (Å²) < 4.78 is 0. The van der Waals surface area contributed by atoms with Crippen LogP contribution in [0.3, 0.4) is 0 Å². The van der Waals surface area contributed by atoms with E-state index in [-0.39, 0.29) is 0 Å². The summed E-state index contributed by atoms with van der Waals surface area (Å²) in [5.41, 5.74) is 2.86. The third kappa shape index (κ3) is 1.81. The Morgan fingerprint density at radius 1 is 1.62 bits per heavy atom. The number of hydrogen-bond acceptors (Lipinski definition) is 6. The maximum absolute atomic E-state index is 4.13. The smallest absolute Gasteiger partial charge is 0.263 e. The molecule has 0 aliphatic rings. The van der Waals surface area contributed by atoms with Crippen molar-refractivity contribution in [1.29, 1.82) is 0 Å². The van der Waals surface area contributed by atoms with Crippen LogP contribution >= 0.6 is 11.3 Å². The molecule has 0 saturated heterocycles. The fraction of sp³-hybridized carbons (Fsp3) is 0.333. The zero-order valence-corrected chi connectivity index (χ0v) is 7.80. The molecule has 2 heterocycles. The molecule has 0 radical (unpaired) electrons. The number of aromatic amines is 1. The molecule has 0 atom stereocenters. The van der Waals surface area contributed by atoms with Gasteiger partial charge in [-0.2, -0.15) is 5.21 Å². The molecule has 2 N–H and O–H groups in total. The first-order valence-corrected chi connectivity index (χ1v) is 4.60. The number of tetrazole rings is 1. The van der Waals surface area contributed by atoms with E-state index >= 15 is 0 Å². The molecule has 0 saturated carbocycles. The van der Waals surface area contributed by atoms with Gasteiger partial charge in [-0.05, 0) is 12.1 Å². The van der Waals surface area contributed by atoms with Gasteiger partial charge in [0.15, 0.2) is 0 Å². The molecule has 0 aliphatic carbocycles. The summed E-state index contributed by atoms with van der Waals surface area (Å²) in [6, 6.07) is 0. The Labute approximate surface area is 78.4 Å². The van der Waals surface area contributed by atoms with Crippen LogP contribution in [0.25, 0.3) is 0 Å². The van der Waals surface area contributed by atoms with Crippen molar-refractivity contribution in [2.75, 3.05) is 5.32 Å². The highest BCUT2D eigenvalue weighted by Crippen LogP contribution is 2.12. The Morgan fingerprint density at radius 3 is 3.15 bits per heavy atom. The van der Waals surface area contributed by atoms with Gasteiger partial charge in [-0.3, -0.25) is 0 Å². The van der Waals surface area contributed by atoms with Gasteiger partial charge >= 0.3 is 0 Å².